The maximum atomic E-state index is 13.3. The maximum absolute atomic E-state index is 13.3. The Bertz CT molecular complexity index is 1790. The minimum absolute atomic E-state index is 0.0429. The van der Waals surface area contributed by atoms with Crippen LogP contribution in [0.1, 0.15) is 64.7 Å². The van der Waals surface area contributed by atoms with Gasteiger partial charge in [0.1, 0.15) is 17.8 Å². The largest absolute Gasteiger partial charge is 0.369 e. The second-order valence-electron chi connectivity index (χ2n) is 11.0. The number of nitrogens with zero attached hydrogens (tertiary/aromatic N) is 9. The van der Waals surface area contributed by atoms with Gasteiger partial charge in [-0.15, -0.1) is 10.2 Å². The molecule has 5 aromatic rings. The fourth-order valence-corrected chi connectivity index (χ4v) is 6.79. The standard InChI is InChI=1S/C28H27N11O2/c1-37-9-7-21(36-37)20-5-2-15(12-30-20)19-13-33-39-26(19)34-24(23-22(40)6-8-29-27(23)39)16-10-17-3-4-18(11-16)38(17)28(41)25-31-14-32-35-25/h2,5,7,9,12-14,16-18,29H,3-4,6,8,10-11H2,1H3,(H,31,32,35). The van der Waals surface area contributed by atoms with E-state index in [1.807, 2.05) is 42.5 Å². The molecule has 13 heteroatoms. The van der Waals surface area contributed by atoms with Gasteiger partial charge in [-0.2, -0.15) is 14.7 Å². The molecule has 206 valence electrons. The molecule has 3 aliphatic rings. The van der Waals surface area contributed by atoms with Crippen molar-refractivity contribution < 1.29 is 9.59 Å². The van der Waals surface area contributed by atoms with Crippen molar-refractivity contribution in [3.05, 3.63) is 60.2 Å². The molecule has 2 saturated heterocycles. The van der Waals surface area contributed by atoms with Crippen molar-refractivity contribution in [2.45, 2.75) is 50.1 Å². The lowest BCUT2D eigenvalue weighted by atomic mass is 9.84. The average Bonchev–Trinajstić information content (AvgIpc) is 3.79. The van der Waals surface area contributed by atoms with E-state index in [1.165, 1.54) is 6.33 Å². The van der Waals surface area contributed by atoms with E-state index in [0.717, 1.165) is 53.9 Å². The third-order valence-electron chi connectivity index (χ3n) is 8.62. The Morgan fingerprint density at radius 2 is 1.93 bits per heavy atom. The number of piperidine rings is 1. The fraction of sp³-hybridized carbons (Fsp3) is 0.357. The molecule has 2 bridgehead atoms. The first-order valence-electron chi connectivity index (χ1n) is 13.9. The number of aryl methyl sites for hydroxylation is 1. The molecule has 2 fully saturated rings. The van der Waals surface area contributed by atoms with Crippen LogP contribution >= 0.6 is 0 Å². The normalized spacial score (nSPS) is 21.7. The molecule has 0 aromatic carbocycles. The van der Waals surface area contributed by atoms with Crippen molar-refractivity contribution >= 4 is 23.2 Å². The van der Waals surface area contributed by atoms with Crippen LogP contribution in [-0.2, 0) is 7.05 Å². The zero-order valence-electron chi connectivity index (χ0n) is 22.4. The molecule has 13 nitrogen and oxygen atoms in total. The van der Waals surface area contributed by atoms with Gasteiger partial charge in [-0.3, -0.25) is 19.3 Å². The van der Waals surface area contributed by atoms with Crippen molar-refractivity contribution in [3.8, 4) is 22.5 Å². The number of hydrogen-bond donors (Lipinski definition) is 2. The average molecular weight is 550 g/mol. The highest BCUT2D eigenvalue weighted by atomic mass is 16.2. The summed E-state index contributed by atoms with van der Waals surface area (Å²) in [6, 6.07) is 5.99. The molecule has 8 heterocycles. The Morgan fingerprint density at radius 1 is 1.07 bits per heavy atom. The van der Waals surface area contributed by atoms with Crippen molar-refractivity contribution in [3.63, 3.8) is 0 Å². The summed E-state index contributed by atoms with van der Waals surface area (Å²) >= 11 is 0. The van der Waals surface area contributed by atoms with Crippen molar-refractivity contribution in [2.75, 3.05) is 11.9 Å². The zero-order chi connectivity index (χ0) is 27.7. The number of amides is 1. The third kappa shape index (κ3) is 3.75. The molecule has 0 aliphatic carbocycles. The Balaban J connectivity index is 1.18. The van der Waals surface area contributed by atoms with Gasteiger partial charge in [0, 0.05) is 61.5 Å². The smallest absolute Gasteiger partial charge is 0.292 e. The van der Waals surface area contributed by atoms with Gasteiger partial charge in [0.15, 0.2) is 11.4 Å². The predicted molar refractivity (Wildman–Crippen MR) is 147 cm³/mol. The van der Waals surface area contributed by atoms with Crippen LogP contribution in [0.5, 0.6) is 0 Å². The molecule has 3 aliphatic heterocycles. The molecule has 0 spiro atoms. The topological polar surface area (TPSA) is 152 Å². The SMILES string of the molecule is Cn1ccc(-c2ccc(-c3cnn4c5c(c(C6CC7CCC(C6)N7C(=O)c6nnc[nH]6)nc34)C(=O)CCN5)cn2)n1. The van der Waals surface area contributed by atoms with E-state index in [-0.39, 0.29) is 35.5 Å². The molecule has 2 unspecified atom stereocenters. The van der Waals surface area contributed by atoms with E-state index < -0.39 is 0 Å². The van der Waals surface area contributed by atoms with Crippen LogP contribution in [0.2, 0.25) is 0 Å². The second-order valence-corrected chi connectivity index (χ2v) is 11.0. The number of carbonyl (C=O) groups excluding carboxylic acids is 2. The number of pyridine rings is 1. The van der Waals surface area contributed by atoms with Gasteiger partial charge in [0.05, 0.1) is 23.1 Å². The van der Waals surface area contributed by atoms with E-state index in [9.17, 15) is 9.59 Å². The van der Waals surface area contributed by atoms with Crippen LogP contribution in [0, 0.1) is 0 Å². The monoisotopic (exact) mass is 549 g/mol. The number of nitrogens with one attached hydrogen (secondary N) is 2. The molecule has 0 radical (unpaired) electrons. The van der Waals surface area contributed by atoms with Crippen LogP contribution in [-0.4, -0.2) is 79.8 Å². The summed E-state index contributed by atoms with van der Waals surface area (Å²) in [5, 5.41) is 20.2. The summed E-state index contributed by atoms with van der Waals surface area (Å²) in [5.41, 5.74) is 5.42. The molecule has 8 rings (SSSR count). The molecule has 1 amide bonds. The number of fused-ring (bicyclic) bond motifs is 5. The van der Waals surface area contributed by atoms with Gasteiger partial charge in [0.25, 0.3) is 5.91 Å². The summed E-state index contributed by atoms with van der Waals surface area (Å²) in [6.45, 7) is 0.551. The van der Waals surface area contributed by atoms with Gasteiger partial charge < -0.3 is 15.2 Å². The summed E-state index contributed by atoms with van der Waals surface area (Å²) in [5.74, 6) is 0.966. The lowest BCUT2D eigenvalue weighted by Gasteiger charge is -2.39. The highest BCUT2D eigenvalue weighted by Crippen LogP contribution is 2.45. The first kappa shape index (κ1) is 23.9. The molecular weight excluding hydrogens is 522 g/mol. The zero-order valence-corrected chi connectivity index (χ0v) is 22.4. The number of hydrogen-bond acceptors (Lipinski definition) is 9. The number of rotatable bonds is 4. The molecule has 2 atom stereocenters. The van der Waals surface area contributed by atoms with Gasteiger partial charge in [-0.25, -0.2) is 4.98 Å². The summed E-state index contributed by atoms with van der Waals surface area (Å²) in [4.78, 5) is 41.1. The summed E-state index contributed by atoms with van der Waals surface area (Å²) < 4.78 is 3.49. The lowest BCUT2D eigenvalue weighted by molar-refractivity contribution is 0.0556. The second kappa shape index (κ2) is 9.04. The third-order valence-corrected chi connectivity index (χ3v) is 8.62. The first-order valence-corrected chi connectivity index (χ1v) is 13.9. The fourth-order valence-electron chi connectivity index (χ4n) is 6.79. The van der Waals surface area contributed by atoms with E-state index >= 15 is 0 Å². The number of ketones is 1. The lowest BCUT2D eigenvalue weighted by Crippen LogP contribution is -2.46. The number of Topliss-reactive ketones (excluding diaryl/α,β-unsaturated/α-hetero) is 1. The van der Waals surface area contributed by atoms with Gasteiger partial charge in [-0.05, 0) is 37.8 Å². The molecule has 2 N–H and O–H groups in total. The van der Waals surface area contributed by atoms with Crippen LogP contribution in [0.3, 0.4) is 0 Å². The van der Waals surface area contributed by atoms with Crippen molar-refractivity contribution in [1.82, 2.24) is 49.4 Å². The summed E-state index contributed by atoms with van der Waals surface area (Å²) in [7, 11) is 1.88. The quantitative estimate of drug-likeness (QED) is 0.345. The molecule has 0 saturated carbocycles. The number of H-pyrrole nitrogens is 1. The first-order chi connectivity index (χ1) is 20.0. The van der Waals surface area contributed by atoms with Crippen molar-refractivity contribution in [2.24, 2.45) is 7.05 Å². The minimum Gasteiger partial charge on any atom is -0.369 e. The minimum atomic E-state index is -0.114. The van der Waals surface area contributed by atoms with Gasteiger partial charge in [-0.1, -0.05) is 6.07 Å². The van der Waals surface area contributed by atoms with Crippen LogP contribution in [0.15, 0.2) is 43.1 Å². The number of aromatic amines is 1. The van der Waals surface area contributed by atoms with Gasteiger partial charge in [0.2, 0.25) is 5.82 Å². The Hall–Kier alpha value is -4.94. The molecule has 5 aromatic heterocycles. The van der Waals surface area contributed by atoms with E-state index in [1.54, 1.807) is 15.4 Å². The maximum Gasteiger partial charge on any atom is 0.292 e. The summed E-state index contributed by atoms with van der Waals surface area (Å²) in [6.07, 6.45) is 10.6. The van der Waals surface area contributed by atoms with E-state index in [4.69, 9.17) is 4.98 Å². The van der Waals surface area contributed by atoms with E-state index in [0.29, 0.717) is 30.0 Å². The molecular formula is C28H27N11O2. The van der Waals surface area contributed by atoms with Crippen LogP contribution < -0.4 is 5.32 Å². The molecule has 41 heavy (non-hydrogen) atoms. The number of carbonyl (C=O) groups is 2. The Labute approximate surface area is 234 Å². The number of anilines is 1. The predicted octanol–water partition coefficient (Wildman–Crippen LogP) is 2.86. The van der Waals surface area contributed by atoms with Crippen LogP contribution in [0.4, 0.5) is 5.82 Å². The Kier molecular flexibility index (Phi) is 5.27. The van der Waals surface area contributed by atoms with Gasteiger partial charge >= 0.3 is 0 Å². The highest BCUT2D eigenvalue weighted by Gasteiger charge is 2.46. The van der Waals surface area contributed by atoms with Crippen molar-refractivity contribution in [1.29, 1.82) is 0 Å². The highest BCUT2D eigenvalue weighted by molar-refractivity contribution is 6.04. The number of aromatic nitrogens is 9. The van der Waals surface area contributed by atoms with Crippen LogP contribution in [0.25, 0.3) is 28.2 Å². The van der Waals surface area contributed by atoms with E-state index in [2.05, 4.69) is 35.7 Å². The Morgan fingerprint density at radius 3 is 2.63 bits per heavy atom.